The summed E-state index contributed by atoms with van der Waals surface area (Å²) in [6.07, 6.45) is 1.01. The molecule has 0 spiro atoms. The molecule has 2 rings (SSSR count). The van der Waals surface area contributed by atoms with Crippen LogP contribution in [0.2, 0.25) is 0 Å². The fourth-order valence-electron chi connectivity index (χ4n) is 2.47. The van der Waals surface area contributed by atoms with Crippen LogP contribution in [0, 0.1) is 0 Å². The number of carbonyl (C=O) groups is 2. The van der Waals surface area contributed by atoms with E-state index in [1.165, 1.54) is 24.3 Å². The molecule has 7 heteroatoms. The summed E-state index contributed by atoms with van der Waals surface area (Å²) in [5.74, 6) is -1.14. The highest BCUT2D eigenvalue weighted by Crippen LogP contribution is 2.23. The van der Waals surface area contributed by atoms with E-state index in [0.29, 0.717) is 5.69 Å². The first-order valence-corrected chi connectivity index (χ1v) is 9.94. The summed E-state index contributed by atoms with van der Waals surface area (Å²) in [5, 5.41) is 2.71. The first-order valence-electron chi connectivity index (χ1n) is 8.05. The molecule has 0 unspecified atom stereocenters. The highest BCUT2D eigenvalue weighted by Gasteiger charge is 2.20. The zero-order valence-electron chi connectivity index (χ0n) is 14.9. The van der Waals surface area contributed by atoms with Gasteiger partial charge in [0, 0.05) is 11.9 Å². The van der Waals surface area contributed by atoms with Crippen molar-refractivity contribution in [1.82, 2.24) is 0 Å². The molecule has 0 fully saturated rings. The Morgan fingerprint density at radius 2 is 1.65 bits per heavy atom. The summed E-state index contributed by atoms with van der Waals surface area (Å²) in [4.78, 5) is 24.1. The molecule has 138 valence electrons. The first kappa shape index (κ1) is 19.7. The van der Waals surface area contributed by atoms with Gasteiger partial charge in [0.1, 0.15) is 0 Å². The van der Waals surface area contributed by atoms with Crippen LogP contribution in [0.15, 0.2) is 53.4 Å². The summed E-state index contributed by atoms with van der Waals surface area (Å²) < 4.78 is 28.5. The lowest BCUT2D eigenvalue weighted by molar-refractivity contribution is -0.119. The Morgan fingerprint density at radius 3 is 2.31 bits per heavy atom. The molecule has 6 nitrogen and oxygen atoms in total. The van der Waals surface area contributed by atoms with Crippen molar-refractivity contribution in [1.29, 1.82) is 0 Å². The van der Waals surface area contributed by atoms with Crippen LogP contribution in [0.3, 0.4) is 0 Å². The summed E-state index contributed by atoms with van der Waals surface area (Å²) >= 11 is 0. The second-order valence-electron chi connectivity index (χ2n) is 6.13. The molecule has 0 saturated carbocycles. The lowest BCUT2D eigenvalue weighted by atomic mass is 10.0. The number of para-hydroxylation sites is 1. The second-order valence-corrected chi connectivity index (χ2v) is 8.12. The quantitative estimate of drug-likeness (QED) is 0.784. The highest BCUT2D eigenvalue weighted by molar-refractivity contribution is 7.90. The van der Waals surface area contributed by atoms with Crippen molar-refractivity contribution in [3.05, 3.63) is 59.7 Å². The molecule has 2 aromatic carbocycles. The third-order valence-corrected chi connectivity index (χ3v) is 4.85. The van der Waals surface area contributed by atoms with Gasteiger partial charge in [-0.15, -0.1) is 0 Å². The van der Waals surface area contributed by atoms with Crippen LogP contribution in [0.25, 0.3) is 0 Å². The Balaban J connectivity index is 2.06. The molecule has 2 aromatic rings. The van der Waals surface area contributed by atoms with Crippen LogP contribution in [0.5, 0.6) is 0 Å². The van der Waals surface area contributed by atoms with E-state index in [2.05, 4.69) is 5.32 Å². The molecule has 0 atom stereocenters. The van der Waals surface area contributed by atoms with Crippen molar-refractivity contribution in [2.45, 2.75) is 24.7 Å². The molecule has 1 amide bonds. The standard InChI is InChI=1S/C19H21NO5S/c1-13(2)14-8-4-6-10-16(14)20-18(21)12-25-19(22)15-9-5-7-11-17(15)26(3,23)24/h4-11,13H,12H2,1-3H3,(H,20,21). The Bertz CT molecular complexity index is 919. The predicted molar refractivity (Wildman–Crippen MR) is 99.0 cm³/mol. The van der Waals surface area contributed by atoms with E-state index in [1.807, 2.05) is 26.0 Å². The minimum Gasteiger partial charge on any atom is -0.452 e. The van der Waals surface area contributed by atoms with Gasteiger partial charge in [0.05, 0.1) is 10.5 Å². The van der Waals surface area contributed by atoms with Crippen LogP contribution in [0.1, 0.15) is 35.7 Å². The zero-order valence-corrected chi connectivity index (χ0v) is 15.7. The van der Waals surface area contributed by atoms with Crippen molar-refractivity contribution in [2.75, 3.05) is 18.2 Å². The molecule has 1 N–H and O–H groups in total. The average molecular weight is 375 g/mol. The average Bonchev–Trinajstić information content (AvgIpc) is 2.59. The third kappa shape index (κ3) is 4.92. The van der Waals surface area contributed by atoms with Crippen molar-refractivity contribution in [3.63, 3.8) is 0 Å². The predicted octanol–water partition coefficient (Wildman–Crippen LogP) is 3.01. The summed E-state index contributed by atoms with van der Waals surface area (Å²) in [6, 6.07) is 13.1. The van der Waals surface area contributed by atoms with E-state index in [1.54, 1.807) is 12.1 Å². The molecule has 0 saturated heterocycles. The smallest absolute Gasteiger partial charge is 0.339 e. The number of esters is 1. The van der Waals surface area contributed by atoms with Gasteiger partial charge in [-0.25, -0.2) is 13.2 Å². The summed E-state index contributed by atoms with van der Waals surface area (Å²) in [6.45, 7) is 3.50. The van der Waals surface area contributed by atoms with E-state index in [0.717, 1.165) is 11.8 Å². The Hall–Kier alpha value is -2.67. The largest absolute Gasteiger partial charge is 0.452 e. The molecule has 0 aromatic heterocycles. The van der Waals surface area contributed by atoms with E-state index < -0.39 is 28.3 Å². The van der Waals surface area contributed by atoms with E-state index in [4.69, 9.17) is 4.74 Å². The van der Waals surface area contributed by atoms with E-state index in [9.17, 15) is 18.0 Å². The van der Waals surface area contributed by atoms with Gasteiger partial charge in [0.25, 0.3) is 5.91 Å². The van der Waals surface area contributed by atoms with Gasteiger partial charge in [0.2, 0.25) is 0 Å². The number of nitrogens with one attached hydrogen (secondary N) is 1. The van der Waals surface area contributed by atoms with Gasteiger partial charge in [-0.2, -0.15) is 0 Å². The maximum Gasteiger partial charge on any atom is 0.339 e. The fraction of sp³-hybridized carbons (Fsp3) is 0.263. The first-order chi connectivity index (χ1) is 12.2. The molecular weight excluding hydrogens is 354 g/mol. The Labute approximate surface area is 153 Å². The Kier molecular flexibility index (Phi) is 6.15. The molecule has 0 bridgehead atoms. The monoisotopic (exact) mass is 375 g/mol. The topological polar surface area (TPSA) is 89.5 Å². The number of rotatable bonds is 6. The SMILES string of the molecule is CC(C)c1ccccc1NC(=O)COC(=O)c1ccccc1S(C)(=O)=O. The molecule has 0 aliphatic rings. The molecule has 0 aliphatic heterocycles. The van der Waals surface area contributed by atoms with Crippen LogP contribution in [0.4, 0.5) is 5.69 Å². The number of ether oxygens (including phenoxy) is 1. The number of benzene rings is 2. The van der Waals surface area contributed by atoms with Gasteiger partial charge in [0.15, 0.2) is 16.4 Å². The van der Waals surface area contributed by atoms with Crippen LogP contribution in [-0.2, 0) is 19.4 Å². The normalized spacial score (nSPS) is 11.2. The van der Waals surface area contributed by atoms with E-state index in [-0.39, 0.29) is 16.4 Å². The van der Waals surface area contributed by atoms with E-state index >= 15 is 0 Å². The number of carbonyl (C=O) groups excluding carboxylic acids is 2. The number of hydrogen-bond donors (Lipinski definition) is 1. The fourth-order valence-corrected chi connectivity index (χ4v) is 3.34. The van der Waals surface area contributed by atoms with Crippen LogP contribution < -0.4 is 5.32 Å². The molecule has 0 radical (unpaired) electrons. The zero-order chi connectivity index (χ0) is 19.3. The van der Waals surface area contributed by atoms with Gasteiger partial charge in [-0.05, 0) is 29.7 Å². The molecule has 0 heterocycles. The third-order valence-electron chi connectivity index (χ3n) is 3.70. The van der Waals surface area contributed by atoms with Crippen molar-refractivity contribution in [2.24, 2.45) is 0 Å². The van der Waals surface area contributed by atoms with Crippen molar-refractivity contribution < 1.29 is 22.7 Å². The maximum absolute atomic E-state index is 12.2. The van der Waals surface area contributed by atoms with Crippen LogP contribution >= 0.6 is 0 Å². The molecule has 26 heavy (non-hydrogen) atoms. The number of anilines is 1. The lowest BCUT2D eigenvalue weighted by Gasteiger charge is -2.14. The molecule has 0 aliphatic carbocycles. The van der Waals surface area contributed by atoms with Crippen molar-refractivity contribution >= 4 is 27.4 Å². The lowest BCUT2D eigenvalue weighted by Crippen LogP contribution is -2.22. The van der Waals surface area contributed by atoms with Gasteiger partial charge < -0.3 is 10.1 Å². The van der Waals surface area contributed by atoms with Gasteiger partial charge >= 0.3 is 5.97 Å². The molecular formula is C19H21NO5S. The van der Waals surface area contributed by atoms with Gasteiger partial charge in [-0.1, -0.05) is 44.2 Å². The number of sulfone groups is 1. The minimum atomic E-state index is -3.58. The number of amides is 1. The minimum absolute atomic E-state index is 0.0922. The maximum atomic E-state index is 12.2. The van der Waals surface area contributed by atoms with Crippen molar-refractivity contribution in [3.8, 4) is 0 Å². The Morgan fingerprint density at radius 1 is 1.04 bits per heavy atom. The second kappa shape index (κ2) is 8.14. The summed E-state index contributed by atoms with van der Waals surface area (Å²) in [7, 11) is -3.58. The summed E-state index contributed by atoms with van der Waals surface area (Å²) in [5.41, 5.74) is 1.53. The number of hydrogen-bond acceptors (Lipinski definition) is 5. The highest BCUT2D eigenvalue weighted by atomic mass is 32.2. The van der Waals surface area contributed by atoms with Gasteiger partial charge in [-0.3, -0.25) is 4.79 Å². The van der Waals surface area contributed by atoms with Crippen LogP contribution in [-0.4, -0.2) is 33.2 Å².